The number of piperidine rings is 1. The van der Waals surface area contributed by atoms with E-state index in [9.17, 15) is 9.90 Å². The van der Waals surface area contributed by atoms with Crippen LogP contribution in [0.3, 0.4) is 0 Å². The van der Waals surface area contributed by atoms with Gasteiger partial charge in [-0.1, -0.05) is 53.6 Å². The number of halogens is 1. The summed E-state index contributed by atoms with van der Waals surface area (Å²) >= 11 is 6.68. The first-order chi connectivity index (χ1) is 14.5. The molecule has 1 saturated heterocycles. The van der Waals surface area contributed by atoms with E-state index in [1.165, 1.54) is 7.11 Å². The summed E-state index contributed by atoms with van der Waals surface area (Å²) < 4.78 is 4.65. The maximum absolute atomic E-state index is 12.1. The first-order valence-corrected chi connectivity index (χ1v) is 10.9. The van der Waals surface area contributed by atoms with Gasteiger partial charge >= 0.3 is 6.09 Å². The van der Waals surface area contributed by atoms with E-state index in [2.05, 4.69) is 34.4 Å². The number of hydrogen-bond donors (Lipinski definition) is 3. The SMILES string of the molecule is COC(=O)NCCC[C@@](O)(c1cccc(Cl)c1-c1cccc(C)c1)[C@@H]1CCCNC1. The van der Waals surface area contributed by atoms with Crippen LogP contribution in [0.15, 0.2) is 42.5 Å². The lowest BCUT2D eigenvalue weighted by Crippen LogP contribution is -2.45. The van der Waals surface area contributed by atoms with E-state index in [1.807, 2.05) is 30.3 Å². The highest BCUT2D eigenvalue weighted by Gasteiger charge is 2.40. The predicted octanol–water partition coefficient (Wildman–Crippen LogP) is 4.64. The number of methoxy groups -OCH3 is 1. The van der Waals surface area contributed by atoms with Gasteiger partial charge in [0.1, 0.15) is 0 Å². The molecule has 0 unspecified atom stereocenters. The second-order valence-corrected chi connectivity index (χ2v) is 8.43. The first kappa shape index (κ1) is 22.6. The molecule has 0 bridgehead atoms. The van der Waals surface area contributed by atoms with Crippen LogP contribution in [-0.4, -0.2) is 37.9 Å². The van der Waals surface area contributed by atoms with Gasteiger partial charge in [-0.3, -0.25) is 0 Å². The number of nitrogens with one attached hydrogen (secondary N) is 2. The summed E-state index contributed by atoms with van der Waals surface area (Å²) in [5.41, 5.74) is 2.83. The van der Waals surface area contributed by atoms with Crippen LogP contribution in [0.4, 0.5) is 4.79 Å². The van der Waals surface area contributed by atoms with Crippen molar-refractivity contribution < 1.29 is 14.6 Å². The molecule has 1 aliphatic heterocycles. The zero-order valence-electron chi connectivity index (χ0n) is 17.7. The number of carbonyl (C=O) groups excluding carboxylic acids is 1. The number of alkyl carbamates (subject to hydrolysis) is 1. The molecule has 2 atom stereocenters. The van der Waals surface area contributed by atoms with Crippen molar-refractivity contribution in [3.05, 3.63) is 58.6 Å². The molecule has 6 heteroatoms. The number of rotatable bonds is 7. The summed E-state index contributed by atoms with van der Waals surface area (Å²) in [4.78, 5) is 11.4. The van der Waals surface area contributed by atoms with Gasteiger partial charge in [0.2, 0.25) is 0 Å². The average molecular weight is 431 g/mol. The van der Waals surface area contributed by atoms with E-state index in [0.717, 1.165) is 48.2 Å². The maximum atomic E-state index is 12.1. The molecule has 30 heavy (non-hydrogen) atoms. The Morgan fingerprint density at radius 3 is 2.83 bits per heavy atom. The number of aliphatic hydroxyl groups is 1. The van der Waals surface area contributed by atoms with E-state index in [4.69, 9.17) is 11.6 Å². The summed E-state index contributed by atoms with van der Waals surface area (Å²) in [7, 11) is 1.35. The lowest BCUT2D eigenvalue weighted by Gasteiger charge is -2.40. The van der Waals surface area contributed by atoms with E-state index < -0.39 is 11.7 Å². The molecule has 3 rings (SSSR count). The normalized spacial score (nSPS) is 18.5. The van der Waals surface area contributed by atoms with Gasteiger partial charge in [0.05, 0.1) is 12.7 Å². The second-order valence-electron chi connectivity index (χ2n) is 8.02. The fourth-order valence-corrected chi connectivity index (χ4v) is 4.70. The van der Waals surface area contributed by atoms with Crippen LogP contribution in [0.5, 0.6) is 0 Å². The smallest absolute Gasteiger partial charge is 0.406 e. The van der Waals surface area contributed by atoms with Crippen LogP contribution in [0.1, 0.15) is 36.8 Å². The van der Waals surface area contributed by atoms with Crippen molar-refractivity contribution in [2.24, 2.45) is 5.92 Å². The molecular formula is C24H31ClN2O3. The molecular weight excluding hydrogens is 400 g/mol. The minimum absolute atomic E-state index is 0.0615. The van der Waals surface area contributed by atoms with Crippen LogP contribution < -0.4 is 10.6 Å². The highest BCUT2D eigenvalue weighted by molar-refractivity contribution is 6.33. The van der Waals surface area contributed by atoms with Gasteiger partial charge in [0, 0.05) is 29.6 Å². The van der Waals surface area contributed by atoms with Crippen molar-refractivity contribution >= 4 is 17.7 Å². The molecule has 2 aromatic carbocycles. The Hall–Kier alpha value is -2.08. The van der Waals surface area contributed by atoms with Gasteiger partial charge in [0.25, 0.3) is 0 Å². The highest BCUT2D eigenvalue weighted by atomic mass is 35.5. The summed E-state index contributed by atoms with van der Waals surface area (Å²) in [6.07, 6.45) is 2.65. The molecule has 5 nitrogen and oxygen atoms in total. The van der Waals surface area contributed by atoms with E-state index in [1.54, 1.807) is 0 Å². The number of aryl methyl sites for hydroxylation is 1. The zero-order chi connectivity index (χ0) is 21.6. The van der Waals surface area contributed by atoms with Crippen LogP contribution in [0, 0.1) is 12.8 Å². The minimum Gasteiger partial charge on any atom is -0.453 e. The van der Waals surface area contributed by atoms with Crippen LogP contribution in [0.2, 0.25) is 5.02 Å². The fraction of sp³-hybridized carbons (Fsp3) is 0.458. The molecule has 2 aromatic rings. The quantitative estimate of drug-likeness (QED) is 0.559. The van der Waals surface area contributed by atoms with Crippen LogP contribution >= 0.6 is 11.6 Å². The Morgan fingerprint density at radius 1 is 1.33 bits per heavy atom. The fourth-order valence-electron chi connectivity index (χ4n) is 4.42. The summed E-state index contributed by atoms with van der Waals surface area (Å²) in [6, 6.07) is 14.0. The zero-order valence-corrected chi connectivity index (χ0v) is 18.5. The largest absolute Gasteiger partial charge is 0.453 e. The molecule has 1 aliphatic rings. The average Bonchev–Trinajstić information content (AvgIpc) is 2.76. The number of carbonyl (C=O) groups is 1. The third-order valence-electron chi connectivity index (χ3n) is 5.95. The monoisotopic (exact) mass is 430 g/mol. The van der Waals surface area contributed by atoms with Crippen molar-refractivity contribution in [2.75, 3.05) is 26.7 Å². The Labute approximate surface area is 183 Å². The van der Waals surface area contributed by atoms with Gasteiger partial charge in [-0.25, -0.2) is 4.79 Å². The van der Waals surface area contributed by atoms with Crippen molar-refractivity contribution in [2.45, 2.75) is 38.2 Å². The summed E-state index contributed by atoms with van der Waals surface area (Å²) in [5.74, 6) is 0.0615. The van der Waals surface area contributed by atoms with Gasteiger partial charge in [-0.15, -0.1) is 0 Å². The standard InChI is InChI=1S/C24H31ClN2O3/c1-17-7-3-8-18(15-17)22-20(10-4-11-21(22)25)24(29,19-9-5-13-26-16-19)12-6-14-27-23(28)30-2/h3-4,7-8,10-11,15,19,26,29H,5-6,9,12-14,16H2,1-2H3,(H,27,28)/t19-,24+/m1/s1. The molecule has 0 saturated carbocycles. The topological polar surface area (TPSA) is 70.6 Å². The minimum atomic E-state index is -1.06. The Morgan fingerprint density at radius 2 is 2.13 bits per heavy atom. The Balaban J connectivity index is 1.99. The molecule has 0 spiro atoms. The summed E-state index contributed by atoms with van der Waals surface area (Å²) in [5, 5.41) is 18.9. The van der Waals surface area contributed by atoms with Gasteiger partial charge in [0.15, 0.2) is 0 Å². The molecule has 3 N–H and O–H groups in total. The van der Waals surface area contributed by atoms with E-state index in [0.29, 0.717) is 24.4 Å². The maximum Gasteiger partial charge on any atom is 0.406 e. The number of ether oxygens (including phenoxy) is 1. The third-order valence-corrected chi connectivity index (χ3v) is 6.26. The number of benzene rings is 2. The van der Waals surface area contributed by atoms with Gasteiger partial charge in [-0.2, -0.15) is 0 Å². The molecule has 1 fully saturated rings. The number of hydrogen-bond acceptors (Lipinski definition) is 4. The molecule has 0 aliphatic carbocycles. The van der Waals surface area contributed by atoms with E-state index >= 15 is 0 Å². The van der Waals surface area contributed by atoms with Crippen molar-refractivity contribution in [3.63, 3.8) is 0 Å². The Kier molecular flexibility index (Phi) is 7.75. The Bertz CT molecular complexity index is 867. The summed E-state index contributed by atoms with van der Waals surface area (Å²) in [6.45, 7) is 4.21. The lowest BCUT2D eigenvalue weighted by molar-refractivity contribution is -0.0415. The molecule has 1 amide bonds. The van der Waals surface area contributed by atoms with Crippen LogP contribution in [-0.2, 0) is 10.3 Å². The van der Waals surface area contributed by atoms with Crippen molar-refractivity contribution in [1.82, 2.24) is 10.6 Å². The second kappa shape index (κ2) is 10.3. The van der Waals surface area contributed by atoms with Crippen molar-refractivity contribution in [3.8, 4) is 11.1 Å². The van der Waals surface area contributed by atoms with E-state index in [-0.39, 0.29) is 5.92 Å². The molecule has 1 heterocycles. The molecule has 0 radical (unpaired) electrons. The van der Waals surface area contributed by atoms with Gasteiger partial charge < -0.3 is 20.5 Å². The molecule has 0 aromatic heterocycles. The van der Waals surface area contributed by atoms with Crippen LogP contribution in [0.25, 0.3) is 11.1 Å². The molecule has 162 valence electrons. The number of amides is 1. The highest BCUT2D eigenvalue weighted by Crippen LogP contribution is 2.44. The first-order valence-electron chi connectivity index (χ1n) is 10.6. The lowest BCUT2D eigenvalue weighted by atomic mass is 9.72. The predicted molar refractivity (Wildman–Crippen MR) is 121 cm³/mol. The third kappa shape index (κ3) is 5.15. The van der Waals surface area contributed by atoms with Crippen molar-refractivity contribution in [1.29, 1.82) is 0 Å². The van der Waals surface area contributed by atoms with Gasteiger partial charge in [-0.05, 0) is 56.3 Å².